The van der Waals surface area contributed by atoms with Gasteiger partial charge in [-0.15, -0.1) is 0 Å². The molecule has 3 nitrogen and oxygen atoms in total. The monoisotopic (exact) mass is 316 g/mol. The molecule has 2 rings (SSSR count). The molecule has 0 bridgehead atoms. The molecule has 0 aliphatic rings. The molecule has 2 aromatic carbocycles. The average molecular weight is 317 g/mol. The second-order valence-corrected chi connectivity index (χ2v) is 6.04. The van der Waals surface area contributed by atoms with E-state index >= 15 is 0 Å². The molecule has 0 aromatic heterocycles. The molecule has 116 valence electrons. The zero-order valence-corrected chi connectivity index (χ0v) is 13.9. The van der Waals surface area contributed by atoms with Crippen LogP contribution in [0.2, 0.25) is 5.02 Å². The first-order valence-corrected chi connectivity index (χ1v) is 7.74. The van der Waals surface area contributed by atoms with Crippen molar-refractivity contribution >= 4 is 23.3 Å². The topological polar surface area (TPSA) is 41.1 Å². The maximum absolute atomic E-state index is 12.1. The maximum Gasteiger partial charge on any atom is 0.319 e. The number of nitrogens with one attached hydrogen (secondary N) is 2. The van der Waals surface area contributed by atoms with Crippen LogP contribution in [0, 0.1) is 6.92 Å². The highest BCUT2D eigenvalue weighted by molar-refractivity contribution is 6.31. The SMILES string of the molecule is Cc1ccc(CNC(=O)Nc2ccccc2C(C)C)cc1Cl. The number of carbonyl (C=O) groups is 1. The summed E-state index contributed by atoms with van der Waals surface area (Å²) in [5.74, 6) is 0.354. The van der Waals surface area contributed by atoms with E-state index < -0.39 is 0 Å². The van der Waals surface area contributed by atoms with E-state index in [0.717, 1.165) is 22.4 Å². The van der Waals surface area contributed by atoms with E-state index in [1.54, 1.807) is 0 Å². The maximum atomic E-state index is 12.1. The average Bonchev–Trinajstić information content (AvgIpc) is 2.49. The van der Waals surface area contributed by atoms with Crippen molar-refractivity contribution in [3.8, 4) is 0 Å². The molecule has 4 heteroatoms. The van der Waals surface area contributed by atoms with Gasteiger partial charge in [0.25, 0.3) is 0 Å². The number of urea groups is 1. The van der Waals surface area contributed by atoms with Crippen LogP contribution in [0.1, 0.15) is 36.5 Å². The van der Waals surface area contributed by atoms with Gasteiger partial charge in [-0.1, -0.05) is 55.8 Å². The van der Waals surface area contributed by atoms with Crippen molar-refractivity contribution in [1.82, 2.24) is 5.32 Å². The largest absolute Gasteiger partial charge is 0.334 e. The lowest BCUT2D eigenvalue weighted by molar-refractivity contribution is 0.251. The Morgan fingerprint density at radius 3 is 2.59 bits per heavy atom. The highest BCUT2D eigenvalue weighted by Gasteiger charge is 2.09. The van der Waals surface area contributed by atoms with Crippen LogP contribution < -0.4 is 10.6 Å². The van der Waals surface area contributed by atoms with Crippen LogP contribution in [0.5, 0.6) is 0 Å². The Bertz CT molecular complexity index is 668. The molecule has 0 radical (unpaired) electrons. The van der Waals surface area contributed by atoms with Gasteiger partial charge in [0.1, 0.15) is 0 Å². The van der Waals surface area contributed by atoms with Crippen LogP contribution in [0.25, 0.3) is 0 Å². The van der Waals surface area contributed by atoms with Crippen molar-refractivity contribution < 1.29 is 4.79 Å². The predicted molar refractivity (Wildman–Crippen MR) is 92.6 cm³/mol. The first kappa shape index (κ1) is 16.4. The molecule has 2 amide bonds. The minimum absolute atomic E-state index is 0.218. The van der Waals surface area contributed by atoms with Gasteiger partial charge in [0, 0.05) is 17.3 Å². The molecule has 2 N–H and O–H groups in total. The molecule has 0 heterocycles. The van der Waals surface area contributed by atoms with Gasteiger partial charge in [0.2, 0.25) is 0 Å². The summed E-state index contributed by atoms with van der Waals surface area (Å²) in [6.07, 6.45) is 0. The van der Waals surface area contributed by atoms with Gasteiger partial charge in [0.05, 0.1) is 0 Å². The Kier molecular flexibility index (Phi) is 5.45. The van der Waals surface area contributed by atoms with Gasteiger partial charge in [-0.2, -0.15) is 0 Å². The molecule has 0 saturated carbocycles. The summed E-state index contributed by atoms with van der Waals surface area (Å²) in [5.41, 5.74) is 3.97. The van der Waals surface area contributed by atoms with Crippen LogP contribution in [0.3, 0.4) is 0 Å². The van der Waals surface area contributed by atoms with Crippen molar-refractivity contribution in [3.05, 3.63) is 64.2 Å². The van der Waals surface area contributed by atoms with Gasteiger partial charge in [-0.05, 0) is 41.7 Å². The fourth-order valence-electron chi connectivity index (χ4n) is 2.21. The summed E-state index contributed by atoms with van der Waals surface area (Å²) in [6, 6.07) is 13.4. The highest BCUT2D eigenvalue weighted by atomic mass is 35.5. The summed E-state index contributed by atoms with van der Waals surface area (Å²) >= 11 is 6.09. The highest BCUT2D eigenvalue weighted by Crippen LogP contribution is 2.23. The third kappa shape index (κ3) is 4.25. The number of hydrogen-bond acceptors (Lipinski definition) is 1. The predicted octanol–water partition coefficient (Wildman–Crippen LogP) is 5.09. The lowest BCUT2D eigenvalue weighted by atomic mass is 10.0. The van der Waals surface area contributed by atoms with Crippen LogP contribution in [0.4, 0.5) is 10.5 Å². The number of halogens is 1. The van der Waals surface area contributed by atoms with Gasteiger partial charge < -0.3 is 10.6 Å². The van der Waals surface area contributed by atoms with Crippen molar-refractivity contribution in [3.63, 3.8) is 0 Å². The van der Waals surface area contributed by atoms with E-state index in [1.807, 2.05) is 49.4 Å². The van der Waals surface area contributed by atoms with Crippen molar-refractivity contribution in [2.75, 3.05) is 5.32 Å². The number of hydrogen-bond donors (Lipinski definition) is 2. The van der Waals surface area contributed by atoms with Crippen molar-refractivity contribution in [1.29, 1.82) is 0 Å². The summed E-state index contributed by atoms with van der Waals surface area (Å²) in [4.78, 5) is 12.1. The zero-order valence-electron chi connectivity index (χ0n) is 13.1. The second-order valence-electron chi connectivity index (χ2n) is 5.63. The third-order valence-electron chi connectivity index (χ3n) is 3.52. The van der Waals surface area contributed by atoms with E-state index in [4.69, 9.17) is 11.6 Å². The molecule has 0 fully saturated rings. The molecular weight excluding hydrogens is 296 g/mol. The van der Waals surface area contributed by atoms with Gasteiger partial charge in [0.15, 0.2) is 0 Å². The Hall–Kier alpha value is -2.00. The number of anilines is 1. The molecule has 0 atom stereocenters. The Labute approximate surface area is 136 Å². The molecule has 22 heavy (non-hydrogen) atoms. The number of rotatable bonds is 4. The summed E-state index contributed by atoms with van der Waals surface area (Å²) in [6.45, 7) is 6.60. The standard InChI is InChI=1S/C18H21ClN2O/c1-12(2)15-6-4-5-7-17(15)21-18(22)20-11-14-9-8-13(3)16(19)10-14/h4-10,12H,11H2,1-3H3,(H2,20,21,22). The van der Waals surface area contributed by atoms with Gasteiger partial charge in [-0.3, -0.25) is 0 Å². The molecule has 0 aliphatic carbocycles. The van der Waals surface area contributed by atoms with Crippen LogP contribution in [0.15, 0.2) is 42.5 Å². The molecule has 0 saturated heterocycles. The quantitative estimate of drug-likeness (QED) is 0.810. The first-order valence-electron chi connectivity index (χ1n) is 7.36. The molecular formula is C18H21ClN2O. The third-order valence-corrected chi connectivity index (χ3v) is 3.93. The minimum atomic E-state index is -0.218. The van der Waals surface area contributed by atoms with E-state index in [1.165, 1.54) is 0 Å². The molecule has 0 spiro atoms. The van der Waals surface area contributed by atoms with Gasteiger partial charge in [-0.25, -0.2) is 4.79 Å². The van der Waals surface area contributed by atoms with Crippen LogP contribution in [-0.4, -0.2) is 6.03 Å². The number of aryl methyl sites for hydroxylation is 1. The summed E-state index contributed by atoms with van der Waals surface area (Å²) in [7, 11) is 0. The summed E-state index contributed by atoms with van der Waals surface area (Å²) in [5, 5.41) is 6.47. The molecule has 0 aliphatic heterocycles. The fraction of sp³-hybridized carbons (Fsp3) is 0.278. The van der Waals surface area contributed by atoms with E-state index in [9.17, 15) is 4.79 Å². The number of para-hydroxylation sites is 1. The van der Waals surface area contributed by atoms with Crippen molar-refractivity contribution in [2.24, 2.45) is 0 Å². The minimum Gasteiger partial charge on any atom is -0.334 e. The Balaban J connectivity index is 1.97. The summed E-state index contributed by atoms with van der Waals surface area (Å²) < 4.78 is 0. The number of amides is 2. The Morgan fingerprint density at radius 2 is 1.91 bits per heavy atom. The first-order chi connectivity index (χ1) is 10.5. The second kappa shape index (κ2) is 7.32. The zero-order chi connectivity index (χ0) is 16.1. The van der Waals surface area contributed by atoms with E-state index in [-0.39, 0.29) is 6.03 Å². The lowest BCUT2D eigenvalue weighted by Crippen LogP contribution is -2.28. The van der Waals surface area contributed by atoms with Crippen LogP contribution in [-0.2, 0) is 6.54 Å². The molecule has 0 unspecified atom stereocenters. The van der Waals surface area contributed by atoms with Gasteiger partial charge >= 0.3 is 6.03 Å². The van der Waals surface area contributed by atoms with E-state index in [0.29, 0.717) is 17.5 Å². The Morgan fingerprint density at radius 1 is 1.18 bits per heavy atom. The fourth-order valence-corrected chi connectivity index (χ4v) is 2.41. The van der Waals surface area contributed by atoms with Crippen LogP contribution >= 0.6 is 11.6 Å². The smallest absolute Gasteiger partial charge is 0.319 e. The lowest BCUT2D eigenvalue weighted by Gasteiger charge is -2.14. The number of carbonyl (C=O) groups excluding carboxylic acids is 1. The molecule has 2 aromatic rings. The van der Waals surface area contributed by atoms with E-state index in [2.05, 4.69) is 24.5 Å². The van der Waals surface area contributed by atoms with Crippen molar-refractivity contribution in [2.45, 2.75) is 33.2 Å². The number of benzene rings is 2. The normalized spacial score (nSPS) is 10.6.